The van der Waals surface area contributed by atoms with E-state index in [2.05, 4.69) is 40.5 Å². The minimum atomic E-state index is 0.175. The van der Waals surface area contributed by atoms with E-state index in [1.54, 1.807) is 0 Å². The van der Waals surface area contributed by atoms with Crippen LogP contribution in [0.2, 0.25) is 0 Å². The normalized spacial score (nSPS) is 36.4. The summed E-state index contributed by atoms with van der Waals surface area (Å²) in [5, 5.41) is 8.26. The van der Waals surface area contributed by atoms with Crippen LogP contribution < -0.4 is 10.7 Å². The van der Waals surface area contributed by atoms with Crippen LogP contribution in [0.3, 0.4) is 0 Å². The van der Waals surface area contributed by atoms with Gasteiger partial charge < -0.3 is 15.5 Å². The Balaban J connectivity index is 1.20. The molecular formula is C21H34N6O. The van der Waals surface area contributed by atoms with Gasteiger partial charge in [0.25, 0.3) is 0 Å². The Morgan fingerprint density at radius 3 is 2.68 bits per heavy atom. The topological polar surface area (TPSA) is 64.5 Å². The van der Waals surface area contributed by atoms with Gasteiger partial charge in [-0.15, -0.1) is 0 Å². The van der Waals surface area contributed by atoms with E-state index >= 15 is 0 Å². The second kappa shape index (κ2) is 7.67. The summed E-state index contributed by atoms with van der Waals surface area (Å²) in [6.45, 7) is 8.91. The number of hydrazone groups is 1. The molecule has 0 bridgehead atoms. The number of piperazine rings is 1. The minimum absolute atomic E-state index is 0.175. The molecule has 2 aliphatic carbocycles. The number of hydrogen-bond acceptors (Lipinski definition) is 7. The highest BCUT2D eigenvalue weighted by atomic mass is 16.5. The summed E-state index contributed by atoms with van der Waals surface area (Å²) >= 11 is 0. The molecule has 7 nitrogen and oxygen atoms in total. The first-order valence-corrected chi connectivity index (χ1v) is 11.1. The lowest BCUT2D eigenvalue weighted by Crippen LogP contribution is -2.57. The molecule has 0 aromatic rings. The third-order valence-corrected chi connectivity index (χ3v) is 6.79. The molecule has 4 atom stereocenters. The fraction of sp³-hybridized carbons (Fsp3) is 0.810. The molecule has 5 rings (SSSR count). The second-order valence-corrected chi connectivity index (χ2v) is 9.17. The predicted octanol–water partition coefficient (Wildman–Crippen LogP) is 1.53. The van der Waals surface area contributed by atoms with Crippen molar-refractivity contribution >= 4 is 12.1 Å². The van der Waals surface area contributed by atoms with E-state index in [0.29, 0.717) is 18.1 Å². The van der Waals surface area contributed by atoms with Gasteiger partial charge in [-0.05, 0) is 39.2 Å². The van der Waals surface area contributed by atoms with Crippen LogP contribution in [0, 0.1) is 5.92 Å². The van der Waals surface area contributed by atoms with Gasteiger partial charge in [0.05, 0.1) is 42.2 Å². The predicted molar refractivity (Wildman–Crippen MR) is 111 cm³/mol. The smallest absolute Gasteiger partial charge is 0.0951 e. The zero-order chi connectivity index (χ0) is 19.1. The molecule has 28 heavy (non-hydrogen) atoms. The van der Waals surface area contributed by atoms with Gasteiger partial charge in [-0.3, -0.25) is 14.8 Å². The van der Waals surface area contributed by atoms with Crippen LogP contribution in [0.4, 0.5) is 0 Å². The van der Waals surface area contributed by atoms with E-state index in [0.717, 1.165) is 44.2 Å². The molecule has 0 aromatic heterocycles. The summed E-state index contributed by atoms with van der Waals surface area (Å²) < 4.78 is 6.00. The summed E-state index contributed by atoms with van der Waals surface area (Å²) in [5.41, 5.74) is 4.60. The zero-order valence-corrected chi connectivity index (χ0v) is 17.2. The van der Waals surface area contributed by atoms with E-state index in [9.17, 15) is 0 Å². The maximum Gasteiger partial charge on any atom is 0.0951 e. The number of aliphatic imine (C=N–C) groups is 1. The number of allylic oxidation sites excluding steroid dienone is 1. The van der Waals surface area contributed by atoms with Gasteiger partial charge in [-0.2, -0.15) is 5.10 Å². The van der Waals surface area contributed by atoms with Gasteiger partial charge in [0.15, 0.2) is 0 Å². The Kier molecular flexibility index (Phi) is 5.05. The van der Waals surface area contributed by atoms with Crippen molar-refractivity contribution in [3.8, 4) is 0 Å². The molecule has 154 valence electrons. The van der Waals surface area contributed by atoms with Crippen LogP contribution >= 0.6 is 0 Å². The SMILES string of the molecule is CC(C)OC1=CC[C@H]2NN=C([C@H]3CC(N4CCN(C5CC5)CC4)NC=N3)[C@H]2C1. The van der Waals surface area contributed by atoms with Gasteiger partial charge in [-0.1, -0.05) is 0 Å². The van der Waals surface area contributed by atoms with Crippen LogP contribution in [-0.2, 0) is 4.74 Å². The molecular weight excluding hydrogens is 352 g/mol. The third kappa shape index (κ3) is 3.79. The average molecular weight is 387 g/mol. The molecule has 0 aromatic carbocycles. The van der Waals surface area contributed by atoms with Crippen LogP contribution in [0.1, 0.15) is 46.0 Å². The van der Waals surface area contributed by atoms with E-state index in [4.69, 9.17) is 14.8 Å². The van der Waals surface area contributed by atoms with Crippen molar-refractivity contribution in [1.82, 2.24) is 20.5 Å². The van der Waals surface area contributed by atoms with E-state index < -0.39 is 0 Å². The largest absolute Gasteiger partial charge is 0.496 e. The highest BCUT2D eigenvalue weighted by molar-refractivity contribution is 5.95. The molecule has 7 heteroatoms. The third-order valence-electron chi connectivity index (χ3n) is 6.79. The van der Waals surface area contributed by atoms with Crippen LogP contribution in [0.5, 0.6) is 0 Å². The Bertz CT molecular complexity index is 662. The fourth-order valence-electron chi connectivity index (χ4n) is 5.14. The monoisotopic (exact) mass is 386 g/mol. The summed E-state index contributed by atoms with van der Waals surface area (Å²) in [7, 11) is 0. The standard InChI is InChI=1S/C21H34N6O/c1-14(2)28-16-5-6-18-17(11-16)21(25-24-18)19-12-20(23-13-22-19)27-9-7-26(8-10-27)15-3-4-15/h5,13-15,17-20,24H,3-4,6-12H2,1-2H3,(H,22,23)/t17-,18+,19+,20?/m0/s1. The zero-order valence-electron chi connectivity index (χ0n) is 17.2. The van der Waals surface area contributed by atoms with Gasteiger partial charge in [0.1, 0.15) is 0 Å². The first-order valence-electron chi connectivity index (χ1n) is 11.1. The number of nitrogens with zero attached hydrogens (tertiary/aromatic N) is 4. The van der Waals surface area contributed by atoms with Crippen molar-refractivity contribution < 1.29 is 4.74 Å². The van der Waals surface area contributed by atoms with Crippen molar-refractivity contribution in [3.63, 3.8) is 0 Å². The fourth-order valence-corrected chi connectivity index (χ4v) is 5.14. The molecule has 0 spiro atoms. The van der Waals surface area contributed by atoms with E-state index in [1.807, 2.05) is 6.34 Å². The van der Waals surface area contributed by atoms with Crippen molar-refractivity contribution in [1.29, 1.82) is 0 Å². The van der Waals surface area contributed by atoms with Gasteiger partial charge in [0.2, 0.25) is 0 Å². The lowest BCUT2D eigenvalue weighted by molar-refractivity contribution is 0.0794. The lowest BCUT2D eigenvalue weighted by atomic mass is 9.82. The van der Waals surface area contributed by atoms with Crippen LogP contribution in [0.15, 0.2) is 21.9 Å². The van der Waals surface area contributed by atoms with Crippen LogP contribution in [-0.4, -0.2) is 78.4 Å². The van der Waals surface area contributed by atoms with Crippen molar-refractivity contribution in [2.24, 2.45) is 16.0 Å². The van der Waals surface area contributed by atoms with Crippen molar-refractivity contribution in [2.45, 2.75) is 76.3 Å². The molecule has 0 radical (unpaired) electrons. The number of hydrogen-bond donors (Lipinski definition) is 2. The number of rotatable bonds is 5. The van der Waals surface area contributed by atoms with Crippen molar-refractivity contribution in [2.75, 3.05) is 26.2 Å². The highest BCUT2D eigenvalue weighted by Gasteiger charge is 2.41. The molecule has 1 unspecified atom stereocenters. The van der Waals surface area contributed by atoms with Crippen molar-refractivity contribution in [3.05, 3.63) is 11.8 Å². The Morgan fingerprint density at radius 2 is 1.93 bits per heavy atom. The molecule has 1 saturated heterocycles. The summed E-state index contributed by atoms with van der Waals surface area (Å²) in [5.74, 6) is 1.53. The van der Waals surface area contributed by atoms with Crippen LogP contribution in [0.25, 0.3) is 0 Å². The molecule has 1 saturated carbocycles. The Morgan fingerprint density at radius 1 is 1.14 bits per heavy atom. The molecule has 2 N–H and O–H groups in total. The number of fused-ring (bicyclic) bond motifs is 1. The minimum Gasteiger partial charge on any atom is -0.496 e. The van der Waals surface area contributed by atoms with Gasteiger partial charge in [-0.25, -0.2) is 0 Å². The van der Waals surface area contributed by atoms with Gasteiger partial charge in [0, 0.05) is 51.0 Å². The second-order valence-electron chi connectivity index (χ2n) is 9.17. The molecule has 3 heterocycles. The molecule has 2 fully saturated rings. The first kappa shape index (κ1) is 18.4. The molecule has 0 amide bonds. The number of ether oxygens (including phenoxy) is 1. The summed E-state index contributed by atoms with van der Waals surface area (Å²) in [6, 6.07) is 1.46. The Hall–Kier alpha value is -1.60. The summed E-state index contributed by atoms with van der Waals surface area (Å²) in [6.07, 6.45) is 10.5. The molecule has 3 aliphatic heterocycles. The summed E-state index contributed by atoms with van der Waals surface area (Å²) in [4.78, 5) is 10.1. The maximum atomic E-state index is 6.00. The highest BCUT2D eigenvalue weighted by Crippen LogP contribution is 2.33. The lowest BCUT2D eigenvalue weighted by Gasteiger charge is -2.41. The first-order chi connectivity index (χ1) is 13.7. The maximum absolute atomic E-state index is 6.00. The number of nitrogens with one attached hydrogen (secondary N) is 2. The van der Waals surface area contributed by atoms with Gasteiger partial charge >= 0.3 is 0 Å². The average Bonchev–Trinajstić information content (AvgIpc) is 3.47. The Labute approximate surface area is 168 Å². The van der Waals surface area contributed by atoms with E-state index in [-0.39, 0.29) is 12.1 Å². The molecule has 5 aliphatic rings. The quantitative estimate of drug-likeness (QED) is 0.750. The van der Waals surface area contributed by atoms with E-state index in [1.165, 1.54) is 31.6 Å².